The quantitative estimate of drug-likeness (QED) is 0.787. The molecule has 1 aromatic rings. The average molecular weight is 388 g/mol. The van der Waals surface area contributed by atoms with Crippen LogP contribution in [-0.4, -0.2) is 42.4 Å². The van der Waals surface area contributed by atoms with Crippen LogP contribution in [0.25, 0.3) is 0 Å². The lowest BCUT2D eigenvalue weighted by atomic mass is 10.0. The number of alkyl halides is 3. The van der Waals surface area contributed by atoms with Crippen molar-refractivity contribution in [1.29, 1.82) is 0 Å². The number of rotatable bonds is 3. The molecule has 9 heteroatoms. The van der Waals surface area contributed by atoms with Gasteiger partial charge in [-0.1, -0.05) is 0 Å². The lowest BCUT2D eigenvalue weighted by Gasteiger charge is -2.42. The smallest absolute Gasteiger partial charge is 0.416 e. The van der Waals surface area contributed by atoms with Crippen LogP contribution in [0.1, 0.15) is 48.7 Å². The van der Waals surface area contributed by atoms with Crippen LogP contribution in [0, 0.1) is 6.92 Å². The van der Waals surface area contributed by atoms with Gasteiger partial charge in [-0.25, -0.2) is 9.59 Å². The summed E-state index contributed by atoms with van der Waals surface area (Å²) in [4.78, 5) is 25.4. The molecule has 6 nitrogen and oxygen atoms in total. The van der Waals surface area contributed by atoms with Crippen LogP contribution in [0.5, 0.6) is 0 Å². The molecule has 150 valence electrons. The van der Waals surface area contributed by atoms with E-state index in [1.54, 1.807) is 20.8 Å². The summed E-state index contributed by atoms with van der Waals surface area (Å²) < 4.78 is 49.5. The van der Waals surface area contributed by atoms with Crippen molar-refractivity contribution in [2.75, 3.05) is 19.0 Å². The maximum absolute atomic E-state index is 13.2. The first-order valence-corrected chi connectivity index (χ1v) is 8.40. The molecule has 1 N–H and O–H groups in total. The molecule has 1 aliphatic heterocycles. The number of benzene rings is 1. The molecule has 1 saturated heterocycles. The number of hydrogen-bond acceptors (Lipinski definition) is 5. The van der Waals surface area contributed by atoms with Gasteiger partial charge in [-0.2, -0.15) is 13.2 Å². The van der Waals surface area contributed by atoms with Crippen molar-refractivity contribution in [3.63, 3.8) is 0 Å². The van der Waals surface area contributed by atoms with Crippen molar-refractivity contribution in [1.82, 2.24) is 4.90 Å². The van der Waals surface area contributed by atoms with Gasteiger partial charge in [-0.15, -0.1) is 0 Å². The van der Waals surface area contributed by atoms with Gasteiger partial charge in [0.05, 0.1) is 18.2 Å². The van der Waals surface area contributed by atoms with Crippen molar-refractivity contribution in [3.8, 4) is 0 Å². The number of esters is 1. The molecule has 0 radical (unpaired) electrons. The standard InChI is InChI=1S/C18H23F3N2O4/c1-10-12(15(24)26-5)8-11(18(19,20)21)9-13(10)22-14-6-7-23(14)16(25)27-17(2,3)4/h8-9,14,22H,6-7H2,1-5H3. The molecule has 1 heterocycles. The zero-order valence-electron chi connectivity index (χ0n) is 15.9. The van der Waals surface area contributed by atoms with Crippen LogP contribution in [0.3, 0.4) is 0 Å². The van der Waals surface area contributed by atoms with E-state index in [0.717, 1.165) is 19.2 Å². The minimum atomic E-state index is -4.63. The topological polar surface area (TPSA) is 67.9 Å². The summed E-state index contributed by atoms with van der Waals surface area (Å²) in [5, 5.41) is 2.91. The highest BCUT2D eigenvalue weighted by Crippen LogP contribution is 2.35. The number of nitrogens with one attached hydrogen (secondary N) is 1. The molecular formula is C18H23F3N2O4. The molecule has 1 atom stereocenters. The van der Waals surface area contributed by atoms with E-state index in [-0.39, 0.29) is 11.3 Å². The molecule has 1 unspecified atom stereocenters. The summed E-state index contributed by atoms with van der Waals surface area (Å²) in [6, 6.07) is 1.69. The Morgan fingerprint density at radius 3 is 2.30 bits per heavy atom. The first-order valence-electron chi connectivity index (χ1n) is 8.40. The van der Waals surface area contributed by atoms with Crippen molar-refractivity contribution in [2.45, 2.75) is 52.1 Å². The average Bonchev–Trinajstić information content (AvgIpc) is 2.48. The summed E-state index contributed by atoms with van der Waals surface area (Å²) in [7, 11) is 1.10. The van der Waals surface area contributed by atoms with Gasteiger partial charge in [0.1, 0.15) is 11.8 Å². The zero-order valence-corrected chi connectivity index (χ0v) is 15.9. The second-order valence-corrected chi connectivity index (χ2v) is 7.31. The second-order valence-electron chi connectivity index (χ2n) is 7.31. The van der Waals surface area contributed by atoms with Crippen molar-refractivity contribution < 1.29 is 32.2 Å². The van der Waals surface area contributed by atoms with Gasteiger partial charge in [-0.05, 0) is 45.4 Å². The number of hydrogen-bond donors (Lipinski definition) is 1. The molecule has 0 aliphatic carbocycles. The summed E-state index contributed by atoms with van der Waals surface area (Å²) in [6.07, 6.45) is -5.16. The van der Waals surface area contributed by atoms with Gasteiger partial charge < -0.3 is 14.8 Å². The number of carbonyl (C=O) groups excluding carboxylic acids is 2. The van der Waals surface area contributed by atoms with Gasteiger partial charge in [0.2, 0.25) is 0 Å². The number of halogens is 3. The van der Waals surface area contributed by atoms with Crippen LogP contribution in [0.15, 0.2) is 12.1 Å². The first-order chi connectivity index (χ1) is 12.3. The second kappa shape index (κ2) is 7.28. The van der Waals surface area contributed by atoms with E-state index in [2.05, 4.69) is 10.1 Å². The number of anilines is 1. The Morgan fingerprint density at radius 2 is 1.85 bits per heavy atom. The molecule has 0 spiro atoms. The third kappa shape index (κ3) is 4.84. The van der Waals surface area contributed by atoms with E-state index in [9.17, 15) is 22.8 Å². The fraction of sp³-hybridized carbons (Fsp3) is 0.556. The Morgan fingerprint density at radius 1 is 1.22 bits per heavy atom. The van der Waals surface area contributed by atoms with E-state index in [1.165, 1.54) is 11.8 Å². The molecule has 2 rings (SSSR count). The van der Waals surface area contributed by atoms with E-state index in [0.29, 0.717) is 18.5 Å². The normalized spacial score (nSPS) is 17.2. The minimum Gasteiger partial charge on any atom is -0.465 e. The molecule has 1 aromatic carbocycles. The fourth-order valence-corrected chi connectivity index (χ4v) is 2.61. The van der Waals surface area contributed by atoms with Gasteiger partial charge in [0.15, 0.2) is 0 Å². The largest absolute Gasteiger partial charge is 0.465 e. The number of carbonyl (C=O) groups is 2. The SMILES string of the molecule is COC(=O)c1cc(C(F)(F)F)cc(NC2CCN2C(=O)OC(C)(C)C)c1C. The predicted molar refractivity (Wildman–Crippen MR) is 92.5 cm³/mol. The highest BCUT2D eigenvalue weighted by atomic mass is 19.4. The maximum atomic E-state index is 13.2. The molecular weight excluding hydrogens is 365 g/mol. The fourth-order valence-electron chi connectivity index (χ4n) is 2.61. The predicted octanol–water partition coefficient (Wildman–Crippen LogP) is 4.18. The molecule has 1 amide bonds. The van der Waals surface area contributed by atoms with Crippen LogP contribution in [0.2, 0.25) is 0 Å². The highest BCUT2D eigenvalue weighted by Gasteiger charge is 2.37. The Bertz CT molecular complexity index is 741. The molecule has 27 heavy (non-hydrogen) atoms. The number of ether oxygens (including phenoxy) is 2. The van der Waals surface area contributed by atoms with Crippen LogP contribution < -0.4 is 5.32 Å². The molecule has 1 fully saturated rings. The maximum Gasteiger partial charge on any atom is 0.416 e. The number of methoxy groups -OCH3 is 1. The van der Waals surface area contributed by atoms with Crippen molar-refractivity contribution in [3.05, 3.63) is 28.8 Å². The monoisotopic (exact) mass is 388 g/mol. The Hall–Kier alpha value is -2.45. The van der Waals surface area contributed by atoms with Crippen LogP contribution in [-0.2, 0) is 15.7 Å². The van der Waals surface area contributed by atoms with E-state index in [1.807, 2.05) is 0 Å². The third-order valence-corrected chi connectivity index (χ3v) is 4.11. The van der Waals surface area contributed by atoms with E-state index >= 15 is 0 Å². The van der Waals surface area contributed by atoms with E-state index < -0.39 is 35.6 Å². The van der Waals surface area contributed by atoms with E-state index in [4.69, 9.17) is 4.74 Å². The summed E-state index contributed by atoms with van der Waals surface area (Å²) in [5.41, 5.74) is -1.41. The Balaban J connectivity index is 2.30. The molecule has 0 saturated carbocycles. The van der Waals surface area contributed by atoms with Crippen molar-refractivity contribution in [2.24, 2.45) is 0 Å². The lowest BCUT2D eigenvalue weighted by Crippen LogP contribution is -2.56. The lowest BCUT2D eigenvalue weighted by molar-refractivity contribution is -0.137. The van der Waals surface area contributed by atoms with Gasteiger partial charge in [0.25, 0.3) is 0 Å². The first kappa shape index (κ1) is 20.9. The molecule has 1 aliphatic rings. The van der Waals surface area contributed by atoms with Crippen molar-refractivity contribution >= 4 is 17.7 Å². The third-order valence-electron chi connectivity index (χ3n) is 4.11. The van der Waals surface area contributed by atoms with Crippen LogP contribution in [0.4, 0.5) is 23.7 Å². The summed E-state index contributed by atoms with van der Waals surface area (Å²) >= 11 is 0. The van der Waals surface area contributed by atoms with Crippen LogP contribution >= 0.6 is 0 Å². The Labute approximate surface area is 155 Å². The number of amides is 1. The zero-order chi connectivity index (χ0) is 20.6. The number of likely N-dealkylation sites (tertiary alicyclic amines) is 1. The molecule has 0 aromatic heterocycles. The highest BCUT2D eigenvalue weighted by molar-refractivity contribution is 5.93. The Kier molecular flexibility index (Phi) is 5.63. The summed E-state index contributed by atoms with van der Waals surface area (Å²) in [6.45, 7) is 7.13. The van der Waals surface area contributed by atoms with Gasteiger partial charge >= 0.3 is 18.2 Å². The molecule has 0 bridgehead atoms. The van der Waals surface area contributed by atoms with Gasteiger partial charge in [0, 0.05) is 18.7 Å². The minimum absolute atomic E-state index is 0.114. The number of nitrogens with zero attached hydrogens (tertiary/aromatic N) is 1. The summed E-state index contributed by atoms with van der Waals surface area (Å²) in [5.74, 6) is -0.862. The van der Waals surface area contributed by atoms with Gasteiger partial charge in [-0.3, -0.25) is 4.90 Å².